The number of nitrogens with zero attached hydrogens (tertiary/aromatic N) is 3. The molecule has 4 rings (SSSR count). The Morgan fingerprint density at radius 1 is 1.05 bits per heavy atom. The molecule has 0 bridgehead atoms. The summed E-state index contributed by atoms with van der Waals surface area (Å²) in [5, 5.41) is 3.48. The van der Waals surface area contributed by atoms with Crippen molar-refractivity contribution >= 4 is 38.6 Å². The number of benzene rings is 3. The summed E-state index contributed by atoms with van der Waals surface area (Å²) in [5.74, 6) is 1.18. The lowest BCUT2D eigenvalue weighted by molar-refractivity contribution is 0.131. The van der Waals surface area contributed by atoms with Crippen molar-refractivity contribution < 1.29 is 14.3 Å². The zero-order valence-corrected chi connectivity index (χ0v) is 23.3. The first-order chi connectivity index (χ1) is 18.5. The van der Waals surface area contributed by atoms with E-state index in [0.29, 0.717) is 60.0 Å². The normalized spacial score (nSPS) is 11.8. The van der Waals surface area contributed by atoms with Crippen LogP contribution >= 0.6 is 15.9 Å². The van der Waals surface area contributed by atoms with Gasteiger partial charge in [0.25, 0.3) is 5.56 Å². The van der Waals surface area contributed by atoms with Gasteiger partial charge in [-0.15, -0.1) is 0 Å². The summed E-state index contributed by atoms with van der Waals surface area (Å²) < 4.78 is 13.4. The molecule has 0 aliphatic rings. The van der Waals surface area contributed by atoms with Crippen molar-refractivity contribution in [3.05, 3.63) is 93.4 Å². The van der Waals surface area contributed by atoms with E-state index in [1.807, 2.05) is 80.6 Å². The number of amides is 2. The second-order valence-electron chi connectivity index (χ2n) is 8.60. The summed E-state index contributed by atoms with van der Waals surface area (Å²) >= 11 is 3.42. The highest BCUT2D eigenvalue weighted by atomic mass is 79.9. The Kier molecular flexibility index (Phi) is 9.15. The Morgan fingerprint density at radius 2 is 1.76 bits per heavy atom. The summed E-state index contributed by atoms with van der Waals surface area (Å²) in [6, 6.07) is 21.1. The maximum absolute atomic E-state index is 13.9. The molecule has 0 spiro atoms. The lowest BCUT2D eigenvalue weighted by Gasteiger charge is -2.32. The molecule has 1 unspecified atom stereocenters. The third-order valence-corrected chi connectivity index (χ3v) is 6.69. The molecule has 0 aliphatic carbocycles. The average molecular weight is 579 g/mol. The maximum atomic E-state index is 13.9. The van der Waals surface area contributed by atoms with Gasteiger partial charge in [-0.1, -0.05) is 35.0 Å². The predicted molar refractivity (Wildman–Crippen MR) is 153 cm³/mol. The molecule has 1 atom stereocenters. The molecule has 198 valence electrons. The predicted octanol–water partition coefficient (Wildman–Crippen LogP) is 6.18. The van der Waals surface area contributed by atoms with Crippen LogP contribution < -0.4 is 15.6 Å². The van der Waals surface area contributed by atoms with Crippen LogP contribution in [-0.2, 0) is 4.74 Å². The molecule has 1 aromatic heterocycles. The molecule has 2 amide bonds. The summed E-state index contributed by atoms with van der Waals surface area (Å²) in [6.07, 6.45) is 0.527. The molecular formula is C29H31BrN4O4. The molecule has 38 heavy (non-hydrogen) atoms. The minimum absolute atomic E-state index is 0.201. The van der Waals surface area contributed by atoms with E-state index in [2.05, 4.69) is 21.2 Å². The number of aromatic nitrogens is 2. The minimum Gasteiger partial charge on any atom is -0.494 e. The number of carbonyl (C=O) groups excluding carboxylic acids is 1. The van der Waals surface area contributed by atoms with Crippen molar-refractivity contribution in [2.45, 2.75) is 26.3 Å². The van der Waals surface area contributed by atoms with Gasteiger partial charge in [-0.3, -0.25) is 9.36 Å². The van der Waals surface area contributed by atoms with E-state index in [-0.39, 0.29) is 11.6 Å². The molecule has 0 saturated heterocycles. The summed E-state index contributed by atoms with van der Waals surface area (Å²) in [6.45, 7) is 5.07. The number of hydrogen-bond acceptors (Lipinski definition) is 5. The quantitative estimate of drug-likeness (QED) is 0.243. The third kappa shape index (κ3) is 6.06. The SMILES string of the molecule is CCOc1ccc(-n2c(C(CC)N(CCOC)C(=O)Nc3ccc(Br)cc3)nc3ccccc3c2=O)cc1. The van der Waals surface area contributed by atoms with Crippen LogP contribution in [0.4, 0.5) is 10.5 Å². The molecule has 0 fully saturated rings. The fraction of sp³-hybridized carbons (Fsp3) is 0.276. The van der Waals surface area contributed by atoms with E-state index >= 15 is 0 Å². The molecular weight excluding hydrogens is 548 g/mol. The van der Waals surface area contributed by atoms with Gasteiger partial charge in [0.1, 0.15) is 11.6 Å². The van der Waals surface area contributed by atoms with Crippen molar-refractivity contribution in [2.24, 2.45) is 0 Å². The van der Waals surface area contributed by atoms with Gasteiger partial charge < -0.3 is 19.7 Å². The van der Waals surface area contributed by atoms with Crippen LogP contribution in [0, 0.1) is 0 Å². The molecule has 0 saturated carbocycles. The van der Waals surface area contributed by atoms with Gasteiger partial charge in [-0.2, -0.15) is 0 Å². The topological polar surface area (TPSA) is 85.7 Å². The monoisotopic (exact) mass is 578 g/mol. The Bertz CT molecular complexity index is 1440. The van der Waals surface area contributed by atoms with Gasteiger partial charge in [-0.05, 0) is 74.0 Å². The Labute approximate surface area is 230 Å². The summed E-state index contributed by atoms with van der Waals surface area (Å²) in [5.41, 5.74) is 1.68. The van der Waals surface area contributed by atoms with Gasteiger partial charge in [0, 0.05) is 23.8 Å². The van der Waals surface area contributed by atoms with Crippen LogP contribution in [0.1, 0.15) is 32.1 Å². The van der Waals surface area contributed by atoms with E-state index < -0.39 is 6.04 Å². The molecule has 8 nitrogen and oxygen atoms in total. The van der Waals surface area contributed by atoms with Crippen molar-refractivity contribution in [1.82, 2.24) is 14.5 Å². The van der Waals surface area contributed by atoms with E-state index in [1.54, 1.807) is 22.6 Å². The van der Waals surface area contributed by atoms with Crippen LogP contribution in [-0.4, -0.2) is 47.4 Å². The average Bonchev–Trinajstić information content (AvgIpc) is 2.93. The number of carbonyl (C=O) groups is 1. The van der Waals surface area contributed by atoms with Crippen LogP contribution in [0.3, 0.4) is 0 Å². The highest BCUT2D eigenvalue weighted by molar-refractivity contribution is 9.10. The number of nitrogens with one attached hydrogen (secondary N) is 1. The Balaban J connectivity index is 1.84. The number of methoxy groups -OCH3 is 1. The van der Waals surface area contributed by atoms with E-state index in [4.69, 9.17) is 14.5 Å². The van der Waals surface area contributed by atoms with Crippen molar-refractivity contribution in [2.75, 3.05) is 32.2 Å². The number of anilines is 1. The third-order valence-electron chi connectivity index (χ3n) is 6.16. The number of rotatable bonds is 10. The van der Waals surface area contributed by atoms with Crippen LogP contribution in [0.25, 0.3) is 16.6 Å². The molecule has 9 heteroatoms. The summed E-state index contributed by atoms with van der Waals surface area (Å²) in [7, 11) is 1.59. The van der Waals surface area contributed by atoms with E-state index in [0.717, 1.165) is 4.47 Å². The fourth-order valence-electron chi connectivity index (χ4n) is 4.34. The fourth-order valence-corrected chi connectivity index (χ4v) is 4.60. The van der Waals surface area contributed by atoms with Gasteiger partial charge in [0.2, 0.25) is 0 Å². The summed E-state index contributed by atoms with van der Waals surface area (Å²) in [4.78, 5) is 34.1. The van der Waals surface area contributed by atoms with Gasteiger partial charge in [0.15, 0.2) is 0 Å². The number of fused-ring (bicyclic) bond motifs is 1. The van der Waals surface area contributed by atoms with Crippen molar-refractivity contribution in [1.29, 1.82) is 0 Å². The zero-order valence-electron chi connectivity index (χ0n) is 21.7. The van der Waals surface area contributed by atoms with Gasteiger partial charge in [0.05, 0.1) is 35.8 Å². The molecule has 0 radical (unpaired) electrons. The lowest BCUT2D eigenvalue weighted by atomic mass is 10.1. The molecule has 3 aromatic carbocycles. The Morgan fingerprint density at radius 3 is 2.42 bits per heavy atom. The molecule has 1 N–H and O–H groups in total. The van der Waals surface area contributed by atoms with Crippen LogP contribution in [0.5, 0.6) is 5.75 Å². The van der Waals surface area contributed by atoms with E-state index in [9.17, 15) is 9.59 Å². The first-order valence-electron chi connectivity index (χ1n) is 12.5. The van der Waals surface area contributed by atoms with Gasteiger partial charge in [-0.25, -0.2) is 9.78 Å². The first kappa shape index (κ1) is 27.3. The van der Waals surface area contributed by atoms with Crippen LogP contribution in [0.15, 0.2) is 82.1 Å². The minimum atomic E-state index is -0.510. The first-order valence-corrected chi connectivity index (χ1v) is 13.3. The largest absolute Gasteiger partial charge is 0.494 e. The number of urea groups is 1. The van der Waals surface area contributed by atoms with Crippen LogP contribution in [0.2, 0.25) is 0 Å². The van der Waals surface area contributed by atoms with Crippen molar-refractivity contribution in [3.63, 3.8) is 0 Å². The van der Waals surface area contributed by atoms with E-state index in [1.165, 1.54) is 0 Å². The number of para-hydroxylation sites is 1. The van der Waals surface area contributed by atoms with Crippen molar-refractivity contribution in [3.8, 4) is 11.4 Å². The highest BCUT2D eigenvalue weighted by Crippen LogP contribution is 2.27. The standard InChI is InChI=1S/C29H31BrN4O4/c1-4-26(33(18-19-37-3)29(36)31-21-12-10-20(30)11-13-21)27-32-25-9-7-6-8-24(25)28(35)34(27)22-14-16-23(17-15-22)38-5-2/h6-17,26H,4-5,18-19H2,1-3H3,(H,31,36). The number of halogens is 1. The maximum Gasteiger partial charge on any atom is 0.322 e. The second-order valence-corrected chi connectivity index (χ2v) is 9.52. The van der Waals surface area contributed by atoms with Gasteiger partial charge >= 0.3 is 6.03 Å². The zero-order chi connectivity index (χ0) is 27.1. The Hall–Kier alpha value is -3.69. The highest BCUT2D eigenvalue weighted by Gasteiger charge is 2.29. The molecule has 0 aliphatic heterocycles. The number of ether oxygens (including phenoxy) is 2. The second kappa shape index (κ2) is 12.7. The number of hydrogen-bond donors (Lipinski definition) is 1. The smallest absolute Gasteiger partial charge is 0.322 e. The lowest BCUT2D eigenvalue weighted by Crippen LogP contribution is -2.42. The molecule has 4 aromatic rings. The molecule has 1 heterocycles.